The second kappa shape index (κ2) is 7.33. The highest BCUT2D eigenvalue weighted by atomic mass is 16.5. The Morgan fingerprint density at radius 3 is 2.76 bits per heavy atom. The summed E-state index contributed by atoms with van der Waals surface area (Å²) in [5.41, 5.74) is 1.76. The van der Waals surface area contributed by atoms with Crippen molar-refractivity contribution in [2.45, 2.75) is 25.3 Å². The van der Waals surface area contributed by atoms with Crippen molar-refractivity contribution in [1.29, 1.82) is 0 Å². The molecule has 2 aromatic rings. The first-order valence-electron chi connectivity index (χ1n) is 8.86. The number of rotatable bonds is 6. The number of pyridine rings is 1. The summed E-state index contributed by atoms with van der Waals surface area (Å²) in [6, 6.07) is 5.76. The van der Waals surface area contributed by atoms with E-state index in [1.807, 2.05) is 12.1 Å². The van der Waals surface area contributed by atoms with Crippen LogP contribution in [0.15, 0.2) is 35.1 Å². The van der Waals surface area contributed by atoms with Crippen LogP contribution in [-0.4, -0.2) is 58.6 Å². The predicted octanol–water partition coefficient (Wildman–Crippen LogP) is 1.70. The molecule has 132 valence electrons. The van der Waals surface area contributed by atoms with Crippen molar-refractivity contribution in [3.8, 4) is 0 Å². The molecule has 25 heavy (non-hydrogen) atoms. The highest BCUT2D eigenvalue weighted by Crippen LogP contribution is 2.40. The fourth-order valence-electron chi connectivity index (χ4n) is 3.14. The lowest BCUT2D eigenvalue weighted by Gasteiger charge is -2.33. The summed E-state index contributed by atoms with van der Waals surface area (Å²) in [5.74, 6) is 1.66. The molecule has 0 radical (unpaired) electrons. The molecular weight excluding hydrogens is 318 g/mol. The van der Waals surface area contributed by atoms with Crippen LogP contribution in [0.4, 0.5) is 5.69 Å². The smallest absolute Gasteiger partial charge is 0.238 e. The van der Waals surface area contributed by atoms with Crippen molar-refractivity contribution in [2.24, 2.45) is 0 Å². The molecule has 2 aromatic heterocycles. The molecule has 1 saturated heterocycles. The topological polar surface area (TPSA) is 74.5 Å². The molecule has 1 aliphatic heterocycles. The summed E-state index contributed by atoms with van der Waals surface area (Å²) >= 11 is 0. The minimum atomic E-state index is 0.00651. The maximum absolute atomic E-state index is 12.1. The van der Waals surface area contributed by atoms with Gasteiger partial charge in [-0.15, -0.1) is 0 Å². The monoisotopic (exact) mass is 341 g/mol. The lowest BCUT2D eigenvalue weighted by Crippen LogP contribution is -2.48. The van der Waals surface area contributed by atoms with Gasteiger partial charge in [0.15, 0.2) is 0 Å². The quantitative estimate of drug-likeness (QED) is 0.862. The number of aromatic nitrogens is 2. The summed E-state index contributed by atoms with van der Waals surface area (Å²) < 4.78 is 5.42. The normalized spacial score (nSPS) is 19.0. The van der Waals surface area contributed by atoms with E-state index < -0.39 is 0 Å². The van der Waals surface area contributed by atoms with Crippen molar-refractivity contribution in [1.82, 2.24) is 19.9 Å². The van der Waals surface area contributed by atoms with E-state index in [2.05, 4.69) is 31.3 Å². The predicted molar refractivity (Wildman–Crippen MR) is 93.1 cm³/mol. The van der Waals surface area contributed by atoms with Crippen LogP contribution in [0, 0.1) is 0 Å². The second-order valence-electron chi connectivity index (χ2n) is 6.84. The van der Waals surface area contributed by atoms with Crippen LogP contribution < -0.4 is 5.32 Å². The van der Waals surface area contributed by atoms with Gasteiger partial charge in [0.05, 0.1) is 24.1 Å². The molecule has 0 spiro atoms. The number of nitrogens with one attached hydrogen (secondary N) is 1. The van der Waals surface area contributed by atoms with Crippen molar-refractivity contribution >= 4 is 11.6 Å². The van der Waals surface area contributed by atoms with Gasteiger partial charge >= 0.3 is 0 Å². The Kier molecular flexibility index (Phi) is 4.76. The van der Waals surface area contributed by atoms with Gasteiger partial charge < -0.3 is 9.84 Å². The van der Waals surface area contributed by atoms with Crippen molar-refractivity contribution < 1.29 is 9.32 Å². The molecule has 0 aromatic carbocycles. The number of hydrogen-bond acceptors (Lipinski definition) is 6. The second-order valence-corrected chi connectivity index (χ2v) is 6.84. The first-order valence-corrected chi connectivity index (χ1v) is 8.86. The van der Waals surface area contributed by atoms with Gasteiger partial charge in [0.2, 0.25) is 5.91 Å². The Balaban J connectivity index is 1.20. The third-order valence-corrected chi connectivity index (χ3v) is 4.72. The zero-order valence-electron chi connectivity index (χ0n) is 14.2. The van der Waals surface area contributed by atoms with Gasteiger partial charge in [0, 0.05) is 50.9 Å². The fourth-order valence-corrected chi connectivity index (χ4v) is 3.14. The SMILES string of the molecule is O=C(CN1CCN(Cc2cc(C3CC3)on2)CC1)Nc1cccnc1. The van der Waals surface area contributed by atoms with E-state index in [1.54, 1.807) is 12.4 Å². The van der Waals surface area contributed by atoms with E-state index in [1.165, 1.54) is 12.8 Å². The molecule has 1 N–H and O–H groups in total. The lowest BCUT2D eigenvalue weighted by molar-refractivity contribution is -0.117. The zero-order valence-corrected chi connectivity index (χ0v) is 14.2. The van der Waals surface area contributed by atoms with E-state index >= 15 is 0 Å². The zero-order chi connectivity index (χ0) is 17.1. The van der Waals surface area contributed by atoms with Crippen molar-refractivity contribution in [2.75, 3.05) is 38.0 Å². The lowest BCUT2D eigenvalue weighted by atomic mass is 10.2. The average molecular weight is 341 g/mol. The number of piperazine rings is 1. The minimum absolute atomic E-state index is 0.00651. The Labute approximate surface area is 147 Å². The number of hydrogen-bond donors (Lipinski definition) is 1. The van der Waals surface area contributed by atoms with Gasteiger partial charge in [-0.1, -0.05) is 5.16 Å². The van der Waals surface area contributed by atoms with Crippen LogP contribution in [0.1, 0.15) is 30.2 Å². The number of carbonyl (C=O) groups excluding carboxylic acids is 1. The Morgan fingerprint density at radius 2 is 2.04 bits per heavy atom. The first-order chi connectivity index (χ1) is 12.3. The van der Waals surface area contributed by atoms with Crippen LogP contribution in [0.2, 0.25) is 0 Å². The maximum atomic E-state index is 12.1. The molecule has 0 bridgehead atoms. The number of nitrogens with zero attached hydrogens (tertiary/aromatic N) is 4. The van der Waals surface area contributed by atoms with Gasteiger partial charge in [-0.25, -0.2) is 0 Å². The molecule has 1 amide bonds. The summed E-state index contributed by atoms with van der Waals surface area (Å²) in [5, 5.41) is 7.07. The Bertz CT molecular complexity index is 705. The molecule has 7 nitrogen and oxygen atoms in total. The van der Waals surface area contributed by atoms with Crippen molar-refractivity contribution in [3.05, 3.63) is 42.0 Å². The molecule has 0 unspecified atom stereocenters. The molecule has 2 fully saturated rings. The summed E-state index contributed by atoms with van der Waals surface area (Å²) in [6.07, 6.45) is 5.81. The van der Waals surface area contributed by atoms with Gasteiger partial charge in [0.1, 0.15) is 5.76 Å². The molecule has 4 rings (SSSR count). The molecule has 1 aliphatic carbocycles. The van der Waals surface area contributed by atoms with Crippen LogP contribution in [0.25, 0.3) is 0 Å². The van der Waals surface area contributed by atoms with Gasteiger partial charge in [-0.3, -0.25) is 19.6 Å². The van der Waals surface area contributed by atoms with E-state index in [0.717, 1.165) is 49.9 Å². The summed E-state index contributed by atoms with van der Waals surface area (Å²) in [6.45, 7) is 4.88. The largest absolute Gasteiger partial charge is 0.361 e. The van der Waals surface area contributed by atoms with E-state index in [4.69, 9.17) is 4.52 Å². The molecule has 0 atom stereocenters. The third kappa shape index (κ3) is 4.43. The van der Waals surface area contributed by atoms with Gasteiger partial charge in [-0.2, -0.15) is 0 Å². The molecule has 1 saturated carbocycles. The maximum Gasteiger partial charge on any atom is 0.238 e. The molecule has 3 heterocycles. The van der Waals surface area contributed by atoms with E-state index in [-0.39, 0.29) is 5.91 Å². The van der Waals surface area contributed by atoms with Gasteiger partial charge in [-0.05, 0) is 25.0 Å². The molecule has 7 heteroatoms. The summed E-state index contributed by atoms with van der Waals surface area (Å²) in [4.78, 5) is 20.7. The third-order valence-electron chi connectivity index (χ3n) is 4.72. The highest BCUT2D eigenvalue weighted by molar-refractivity contribution is 5.92. The summed E-state index contributed by atoms with van der Waals surface area (Å²) in [7, 11) is 0. The van der Waals surface area contributed by atoms with Crippen LogP contribution in [-0.2, 0) is 11.3 Å². The number of amides is 1. The Hall–Kier alpha value is -2.25. The molecule has 2 aliphatic rings. The molecular formula is C18H23N5O2. The standard InChI is InChI=1S/C18H23N5O2/c24-18(20-15-2-1-5-19-11-15)13-23-8-6-22(7-9-23)12-16-10-17(25-21-16)14-3-4-14/h1-2,5,10-11,14H,3-4,6-9,12-13H2,(H,20,24). The average Bonchev–Trinajstić information content (AvgIpc) is 3.37. The number of carbonyl (C=O) groups is 1. The fraction of sp³-hybridized carbons (Fsp3) is 0.500. The van der Waals surface area contributed by atoms with Crippen LogP contribution in [0.5, 0.6) is 0 Å². The van der Waals surface area contributed by atoms with Crippen molar-refractivity contribution in [3.63, 3.8) is 0 Å². The van der Waals surface area contributed by atoms with Crippen LogP contribution in [0.3, 0.4) is 0 Å². The first kappa shape index (κ1) is 16.2. The highest BCUT2D eigenvalue weighted by Gasteiger charge is 2.28. The van der Waals surface area contributed by atoms with E-state index in [9.17, 15) is 4.79 Å². The van der Waals surface area contributed by atoms with Crippen LogP contribution >= 0.6 is 0 Å². The van der Waals surface area contributed by atoms with E-state index in [0.29, 0.717) is 12.5 Å². The van der Waals surface area contributed by atoms with Gasteiger partial charge in [0.25, 0.3) is 0 Å². The Morgan fingerprint density at radius 1 is 1.24 bits per heavy atom. The number of anilines is 1. The minimum Gasteiger partial charge on any atom is -0.361 e.